The minimum absolute atomic E-state index is 0.865. The SMILES string of the molecule is Ic1cc[c]cc1C1CC1. The molecule has 0 aromatic heterocycles. The fourth-order valence-electron chi connectivity index (χ4n) is 1.13. The van der Waals surface area contributed by atoms with Crippen LogP contribution < -0.4 is 0 Å². The third-order valence-electron chi connectivity index (χ3n) is 1.86. The number of benzene rings is 1. The molecule has 1 aliphatic rings. The molecule has 0 bridgehead atoms. The van der Waals surface area contributed by atoms with Crippen molar-refractivity contribution in [3.05, 3.63) is 33.4 Å². The maximum atomic E-state index is 3.12. The molecule has 10 heavy (non-hydrogen) atoms. The molecule has 1 aliphatic carbocycles. The fourth-order valence-corrected chi connectivity index (χ4v) is 1.91. The Hall–Kier alpha value is -0.0500. The van der Waals surface area contributed by atoms with Gasteiger partial charge < -0.3 is 0 Å². The highest BCUT2D eigenvalue weighted by atomic mass is 127. The standard InChI is InChI=1S/C9H8I/c10-9-4-2-1-3-8(9)7-5-6-7/h2-4,7H,5-6H2. The Labute approximate surface area is 74.8 Å². The molecule has 0 saturated heterocycles. The second-order valence-corrected chi connectivity index (χ2v) is 3.88. The van der Waals surface area contributed by atoms with Gasteiger partial charge in [0.2, 0.25) is 0 Å². The van der Waals surface area contributed by atoms with E-state index in [1.54, 1.807) is 0 Å². The number of rotatable bonds is 1. The third-order valence-corrected chi connectivity index (χ3v) is 2.84. The van der Waals surface area contributed by atoms with E-state index >= 15 is 0 Å². The molecule has 0 unspecified atom stereocenters. The fraction of sp³-hybridized carbons (Fsp3) is 0.333. The lowest BCUT2D eigenvalue weighted by molar-refractivity contribution is 1.11. The van der Waals surface area contributed by atoms with Crippen LogP contribution in [0.15, 0.2) is 18.2 Å². The van der Waals surface area contributed by atoms with E-state index in [0.29, 0.717) is 0 Å². The Morgan fingerprint density at radius 2 is 2.30 bits per heavy atom. The minimum atomic E-state index is 0.865. The molecule has 1 saturated carbocycles. The van der Waals surface area contributed by atoms with E-state index in [1.165, 1.54) is 22.0 Å². The highest BCUT2D eigenvalue weighted by Gasteiger charge is 2.24. The second-order valence-electron chi connectivity index (χ2n) is 2.72. The summed E-state index contributed by atoms with van der Waals surface area (Å²) in [5, 5.41) is 0. The van der Waals surface area contributed by atoms with Gasteiger partial charge in [0.25, 0.3) is 0 Å². The summed E-state index contributed by atoms with van der Waals surface area (Å²) in [6.07, 6.45) is 2.77. The van der Waals surface area contributed by atoms with E-state index < -0.39 is 0 Å². The Bertz CT molecular complexity index is 238. The average Bonchev–Trinajstić information content (AvgIpc) is 2.71. The van der Waals surface area contributed by atoms with Crippen molar-refractivity contribution in [2.24, 2.45) is 0 Å². The van der Waals surface area contributed by atoms with Gasteiger partial charge in [0.1, 0.15) is 0 Å². The van der Waals surface area contributed by atoms with E-state index in [-0.39, 0.29) is 0 Å². The average molecular weight is 243 g/mol. The molecule has 0 aliphatic heterocycles. The highest BCUT2D eigenvalue weighted by Crippen LogP contribution is 2.41. The highest BCUT2D eigenvalue weighted by molar-refractivity contribution is 14.1. The van der Waals surface area contributed by atoms with Crippen LogP contribution >= 0.6 is 22.6 Å². The number of hydrogen-bond acceptors (Lipinski definition) is 0. The summed E-state index contributed by atoms with van der Waals surface area (Å²) in [6, 6.07) is 9.36. The van der Waals surface area contributed by atoms with Crippen molar-refractivity contribution < 1.29 is 0 Å². The van der Waals surface area contributed by atoms with Gasteiger partial charge in [-0.2, -0.15) is 0 Å². The van der Waals surface area contributed by atoms with E-state index in [9.17, 15) is 0 Å². The van der Waals surface area contributed by atoms with Gasteiger partial charge in [-0.3, -0.25) is 0 Å². The summed E-state index contributed by atoms with van der Waals surface area (Å²) in [5.41, 5.74) is 1.50. The first-order valence-corrected chi connectivity index (χ1v) is 4.61. The summed E-state index contributed by atoms with van der Waals surface area (Å²) in [4.78, 5) is 0. The summed E-state index contributed by atoms with van der Waals surface area (Å²) >= 11 is 2.40. The molecule has 0 atom stereocenters. The normalized spacial score (nSPS) is 17.3. The summed E-state index contributed by atoms with van der Waals surface area (Å²) in [7, 11) is 0. The van der Waals surface area contributed by atoms with Crippen molar-refractivity contribution in [3.8, 4) is 0 Å². The van der Waals surface area contributed by atoms with Gasteiger partial charge in [-0.15, -0.1) is 0 Å². The van der Waals surface area contributed by atoms with Gasteiger partial charge in [-0.25, -0.2) is 0 Å². The van der Waals surface area contributed by atoms with E-state index in [1.807, 2.05) is 6.07 Å². The second kappa shape index (κ2) is 2.53. The van der Waals surface area contributed by atoms with Crippen molar-refractivity contribution in [1.29, 1.82) is 0 Å². The quantitative estimate of drug-likeness (QED) is 0.665. The lowest BCUT2D eigenvalue weighted by Gasteiger charge is -1.98. The molecule has 1 aromatic rings. The Kier molecular flexibility index (Phi) is 1.68. The van der Waals surface area contributed by atoms with Crippen molar-refractivity contribution in [2.75, 3.05) is 0 Å². The predicted octanol–water partition coefficient (Wildman–Crippen LogP) is 2.97. The smallest absolute Gasteiger partial charge is 0.0165 e. The molecular formula is C9H8I. The van der Waals surface area contributed by atoms with Crippen LogP contribution in [0.2, 0.25) is 0 Å². The zero-order chi connectivity index (χ0) is 6.97. The first kappa shape index (κ1) is 6.65. The van der Waals surface area contributed by atoms with E-state index in [0.717, 1.165) is 5.92 Å². The van der Waals surface area contributed by atoms with Gasteiger partial charge >= 0.3 is 0 Å². The number of hydrogen-bond donors (Lipinski definition) is 0. The Morgan fingerprint density at radius 3 is 2.90 bits per heavy atom. The molecule has 1 fully saturated rings. The maximum Gasteiger partial charge on any atom is 0.0165 e. The zero-order valence-corrected chi connectivity index (χ0v) is 7.76. The summed E-state index contributed by atoms with van der Waals surface area (Å²) < 4.78 is 1.40. The van der Waals surface area contributed by atoms with Gasteiger partial charge in [-0.1, -0.05) is 6.07 Å². The Balaban J connectivity index is 2.39. The van der Waals surface area contributed by atoms with Gasteiger partial charge in [-0.05, 0) is 65.1 Å². The monoisotopic (exact) mass is 243 g/mol. The van der Waals surface area contributed by atoms with E-state index in [2.05, 4.69) is 40.8 Å². The van der Waals surface area contributed by atoms with Gasteiger partial charge in [0.05, 0.1) is 0 Å². The van der Waals surface area contributed by atoms with Crippen LogP contribution in [0.1, 0.15) is 24.3 Å². The van der Waals surface area contributed by atoms with Gasteiger partial charge in [0.15, 0.2) is 0 Å². The summed E-state index contributed by atoms with van der Waals surface area (Å²) in [5.74, 6) is 0.865. The molecule has 0 amide bonds. The first-order valence-electron chi connectivity index (χ1n) is 3.53. The van der Waals surface area contributed by atoms with E-state index in [4.69, 9.17) is 0 Å². The molecule has 1 radical (unpaired) electrons. The molecular weight excluding hydrogens is 235 g/mol. The largest absolute Gasteiger partial charge is 0.0533 e. The molecule has 2 rings (SSSR count). The molecule has 0 spiro atoms. The summed E-state index contributed by atoms with van der Waals surface area (Å²) in [6.45, 7) is 0. The Morgan fingerprint density at radius 1 is 1.50 bits per heavy atom. The van der Waals surface area contributed by atoms with Crippen LogP contribution in [-0.2, 0) is 0 Å². The molecule has 0 heterocycles. The van der Waals surface area contributed by atoms with Crippen molar-refractivity contribution in [1.82, 2.24) is 0 Å². The lowest BCUT2D eigenvalue weighted by atomic mass is 10.1. The molecule has 1 aromatic carbocycles. The zero-order valence-electron chi connectivity index (χ0n) is 5.60. The third kappa shape index (κ3) is 1.19. The molecule has 1 heteroatoms. The minimum Gasteiger partial charge on any atom is -0.0533 e. The predicted molar refractivity (Wildman–Crippen MR) is 50.0 cm³/mol. The molecule has 0 N–H and O–H groups in total. The molecule has 0 nitrogen and oxygen atoms in total. The lowest BCUT2D eigenvalue weighted by Crippen LogP contribution is -1.82. The first-order chi connectivity index (χ1) is 4.88. The topological polar surface area (TPSA) is 0 Å². The van der Waals surface area contributed by atoms with Crippen LogP contribution in [0.5, 0.6) is 0 Å². The van der Waals surface area contributed by atoms with Crippen molar-refractivity contribution in [3.63, 3.8) is 0 Å². The van der Waals surface area contributed by atoms with Gasteiger partial charge in [0, 0.05) is 3.57 Å². The van der Waals surface area contributed by atoms with Crippen molar-refractivity contribution >= 4 is 22.6 Å². The van der Waals surface area contributed by atoms with Crippen LogP contribution in [0.4, 0.5) is 0 Å². The molecule has 51 valence electrons. The maximum absolute atomic E-state index is 3.12. The van der Waals surface area contributed by atoms with Crippen LogP contribution in [0.25, 0.3) is 0 Å². The van der Waals surface area contributed by atoms with Crippen LogP contribution in [0.3, 0.4) is 0 Å². The van der Waals surface area contributed by atoms with Crippen LogP contribution in [0, 0.1) is 9.64 Å². The number of halogens is 1. The van der Waals surface area contributed by atoms with Crippen LogP contribution in [-0.4, -0.2) is 0 Å². The van der Waals surface area contributed by atoms with Crippen molar-refractivity contribution in [2.45, 2.75) is 18.8 Å².